The van der Waals surface area contributed by atoms with Gasteiger partial charge >= 0.3 is 0 Å². The molecule has 0 amide bonds. The highest BCUT2D eigenvalue weighted by atomic mass is 32.1. The Morgan fingerprint density at radius 1 is 0.493 bits per heavy atom. The molecule has 8 aromatic carbocycles. The first kappa shape index (κ1) is 42.7. The van der Waals surface area contributed by atoms with E-state index in [0.717, 1.165) is 6.42 Å². The van der Waals surface area contributed by atoms with Crippen molar-refractivity contribution in [1.82, 2.24) is 0 Å². The molecule has 2 atom stereocenters. The monoisotopic (exact) mass is 961 g/mol. The average Bonchev–Trinajstić information content (AvgIpc) is 4.04. The Morgan fingerprint density at radius 2 is 1.12 bits per heavy atom. The van der Waals surface area contributed by atoms with E-state index in [1.54, 1.807) is 0 Å². The van der Waals surface area contributed by atoms with Gasteiger partial charge in [-0.05, 0) is 135 Å². The van der Waals surface area contributed by atoms with Crippen LogP contribution in [-0.4, -0.2) is 12.3 Å². The summed E-state index contributed by atoms with van der Waals surface area (Å²) in [6, 6.07) is 59.9. The van der Waals surface area contributed by atoms with E-state index in [4.69, 9.17) is 0 Å². The smallest absolute Gasteiger partial charge is 0.264 e. The second kappa shape index (κ2) is 13.7. The van der Waals surface area contributed by atoms with Crippen molar-refractivity contribution in [2.24, 2.45) is 0 Å². The summed E-state index contributed by atoms with van der Waals surface area (Å²) in [5, 5.41) is 1.41. The summed E-state index contributed by atoms with van der Waals surface area (Å²) in [7, 11) is 0. The summed E-state index contributed by atoms with van der Waals surface area (Å²) in [6.07, 6.45) is 4.87. The molecule has 3 nitrogen and oxygen atoms in total. The van der Waals surface area contributed by atoms with Gasteiger partial charge in [-0.25, -0.2) is 0 Å². The first-order valence-electron chi connectivity index (χ1n) is 27.0. The number of benzene rings is 8. The molecule has 7 aliphatic rings. The van der Waals surface area contributed by atoms with Crippen molar-refractivity contribution in [3.63, 3.8) is 0 Å². The van der Waals surface area contributed by atoms with Crippen molar-refractivity contribution in [3.05, 3.63) is 185 Å². The Morgan fingerprint density at radius 3 is 1.89 bits per heavy atom. The molecule has 1 fully saturated rings. The van der Waals surface area contributed by atoms with E-state index in [9.17, 15) is 0 Å². The highest BCUT2D eigenvalue weighted by Crippen LogP contribution is 2.65. The van der Waals surface area contributed by atoms with E-state index in [0.29, 0.717) is 0 Å². The molecule has 2 unspecified atom stereocenters. The Hall–Kier alpha value is -6.82. The normalized spacial score (nSPS) is 21.2. The molecule has 3 aliphatic carbocycles. The molecule has 0 radical (unpaired) electrons. The van der Waals surface area contributed by atoms with E-state index < -0.39 is 0 Å². The fraction of sp³-hybridized carbons (Fsp3) is 0.265. The van der Waals surface area contributed by atoms with E-state index in [-0.39, 0.29) is 33.9 Å². The van der Waals surface area contributed by atoms with Crippen LogP contribution in [0.2, 0.25) is 0 Å². The van der Waals surface area contributed by atoms with Gasteiger partial charge in [-0.3, -0.25) is 0 Å². The Balaban J connectivity index is 1.00. The van der Waals surface area contributed by atoms with Gasteiger partial charge < -0.3 is 14.7 Å². The van der Waals surface area contributed by atoms with Crippen LogP contribution < -0.4 is 30.4 Å². The maximum Gasteiger partial charge on any atom is 0.264 e. The van der Waals surface area contributed by atoms with Crippen LogP contribution in [0.4, 0.5) is 45.5 Å². The maximum absolute atomic E-state index is 2.81. The molecule has 0 spiro atoms. The molecule has 0 N–H and O–H groups in total. The van der Waals surface area contributed by atoms with Gasteiger partial charge in [-0.2, -0.15) is 0 Å². The molecule has 0 bridgehead atoms. The first-order valence-corrected chi connectivity index (χ1v) is 27.8. The summed E-state index contributed by atoms with van der Waals surface area (Å²) < 4.78 is 2.84. The Labute approximate surface area is 435 Å². The van der Waals surface area contributed by atoms with Gasteiger partial charge in [0.25, 0.3) is 6.71 Å². The lowest BCUT2D eigenvalue weighted by molar-refractivity contribution is 0.195. The van der Waals surface area contributed by atoms with Crippen LogP contribution in [0.15, 0.2) is 152 Å². The minimum atomic E-state index is -0.136. The maximum atomic E-state index is 2.81. The minimum absolute atomic E-state index is 0.0183. The zero-order valence-corrected chi connectivity index (χ0v) is 44.4. The van der Waals surface area contributed by atoms with E-state index in [1.165, 1.54) is 157 Å². The summed E-state index contributed by atoms with van der Waals surface area (Å²) in [6.45, 7) is 22.0. The number of anilines is 8. The van der Waals surface area contributed by atoms with Gasteiger partial charge in [-0.1, -0.05) is 171 Å². The molecule has 73 heavy (non-hydrogen) atoms. The highest BCUT2D eigenvalue weighted by Gasteiger charge is 2.58. The fourth-order valence-electron chi connectivity index (χ4n) is 16.0. The molecule has 16 rings (SSSR count). The molecule has 0 saturated heterocycles. The standard InChI is InChI=1S/C68H60BN3S/c1-64(2,3)39-30-33-51-47(36-39)67(8)34-16-17-35-68(67,9)72(51)40-31-32-49-55(37-40)70(52-27-18-25-46-57(52)41-20-10-13-23-44(41)65(46,4)5)53-28-19-29-54-61(53)69(49)63-62-60-56(73-63)38-48-58(42-21-11-14-24-45(42)66(48,6)7)59(60)43-22-12-15-26-50(43)71(54)62/h10-15,18-33,36-38H,16-17,34-35H2,1-9H3. The van der Waals surface area contributed by atoms with Crippen LogP contribution in [0.25, 0.3) is 43.5 Å². The SMILES string of the molecule is CC(C)(C)c1ccc2c(c1)C1(C)CCCCC1(C)N2c1ccc2c(c1)N(c1cccc3c1-c1ccccc1C3(C)C)c1cccc3c1B2c1sc2cc4c(c5c2c1N3c1ccccc1-5)-c1ccccc1C4(C)C. The first-order chi connectivity index (χ1) is 35.1. The predicted molar refractivity (Wildman–Crippen MR) is 311 cm³/mol. The second-order valence-corrected chi connectivity index (χ2v) is 26.2. The fourth-order valence-corrected chi connectivity index (χ4v) is 17.4. The van der Waals surface area contributed by atoms with Crippen LogP contribution in [0.1, 0.15) is 121 Å². The molecule has 4 aliphatic heterocycles. The van der Waals surface area contributed by atoms with Gasteiger partial charge in [0.2, 0.25) is 0 Å². The van der Waals surface area contributed by atoms with Crippen molar-refractivity contribution < 1.29 is 0 Å². The number of fused-ring (bicyclic) bond motifs is 17. The van der Waals surface area contributed by atoms with Crippen LogP contribution >= 0.6 is 11.3 Å². The number of rotatable bonds is 2. The van der Waals surface area contributed by atoms with Gasteiger partial charge in [0.05, 0.1) is 22.6 Å². The molecule has 5 heteroatoms. The highest BCUT2D eigenvalue weighted by molar-refractivity contribution is 7.34. The topological polar surface area (TPSA) is 9.72 Å². The lowest BCUT2D eigenvalue weighted by Gasteiger charge is -2.50. The van der Waals surface area contributed by atoms with Crippen LogP contribution in [-0.2, 0) is 21.7 Å². The summed E-state index contributed by atoms with van der Waals surface area (Å²) >= 11 is 2.05. The average molecular weight is 962 g/mol. The van der Waals surface area contributed by atoms with Gasteiger partial charge in [-0.15, -0.1) is 11.3 Å². The van der Waals surface area contributed by atoms with Gasteiger partial charge in [0.1, 0.15) is 0 Å². The number of hydrogen-bond acceptors (Lipinski definition) is 4. The second-order valence-electron chi connectivity index (χ2n) is 25.1. The van der Waals surface area contributed by atoms with Crippen LogP contribution in [0.3, 0.4) is 0 Å². The third-order valence-electron chi connectivity index (χ3n) is 19.9. The van der Waals surface area contributed by atoms with E-state index in [1.807, 2.05) is 0 Å². The summed E-state index contributed by atoms with van der Waals surface area (Å²) in [4.78, 5) is 8.19. The van der Waals surface area contributed by atoms with Crippen molar-refractivity contribution in [2.45, 2.75) is 115 Å². The summed E-state index contributed by atoms with van der Waals surface area (Å²) in [5.74, 6) is 0. The third-order valence-corrected chi connectivity index (χ3v) is 21.1. The lowest BCUT2D eigenvalue weighted by Crippen LogP contribution is -2.60. The number of para-hydroxylation sites is 1. The van der Waals surface area contributed by atoms with Gasteiger partial charge in [0, 0.05) is 76.2 Å². The lowest BCUT2D eigenvalue weighted by atomic mass is 9.36. The largest absolute Gasteiger partial charge is 0.334 e. The molecule has 1 aromatic heterocycles. The van der Waals surface area contributed by atoms with Crippen LogP contribution in [0.5, 0.6) is 0 Å². The van der Waals surface area contributed by atoms with Crippen molar-refractivity contribution in [1.29, 1.82) is 0 Å². The molecular weight excluding hydrogens is 902 g/mol. The summed E-state index contributed by atoms with van der Waals surface area (Å²) in [5.41, 5.74) is 29.8. The third kappa shape index (κ3) is 5.00. The molecular formula is C68H60BN3S. The molecule has 356 valence electrons. The Kier molecular flexibility index (Phi) is 7.99. The zero-order valence-electron chi connectivity index (χ0n) is 43.6. The zero-order chi connectivity index (χ0) is 49.5. The number of hydrogen-bond donors (Lipinski definition) is 0. The van der Waals surface area contributed by atoms with E-state index in [2.05, 4.69) is 240 Å². The molecule has 1 saturated carbocycles. The molecule has 5 heterocycles. The van der Waals surface area contributed by atoms with Crippen molar-refractivity contribution in [3.8, 4) is 33.4 Å². The van der Waals surface area contributed by atoms with Gasteiger partial charge in [0.15, 0.2) is 0 Å². The Bertz CT molecular complexity index is 4000. The van der Waals surface area contributed by atoms with Crippen molar-refractivity contribution in [2.75, 3.05) is 14.7 Å². The predicted octanol–water partition coefficient (Wildman–Crippen LogP) is 16.6. The van der Waals surface area contributed by atoms with Crippen LogP contribution in [0, 0.1) is 0 Å². The number of thiophene rings is 1. The van der Waals surface area contributed by atoms with Crippen molar-refractivity contribution >= 4 is 89.3 Å². The quantitative estimate of drug-likeness (QED) is 0.160. The minimum Gasteiger partial charge on any atom is -0.334 e. The van der Waals surface area contributed by atoms with E-state index >= 15 is 0 Å². The molecule has 9 aromatic rings. The number of nitrogens with zero attached hydrogens (tertiary/aromatic N) is 3.